The van der Waals surface area contributed by atoms with E-state index in [9.17, 15) is 14.0 Å². The second kappa shape index (κ2) is 8.02. The molecule has 1 aromatic heterocycles. The number of carbonyl (C=O) groups is 2. The predicted molar refractivity (Wildman–Crippen MR) is 90.6 cm³/mol. The minimum Gasteiger partial charge on any atom is -0.344 e. The maximum absolute atomic E-state index is 13.1. The van der Waals surface area contributed by atoms with Crippen molar-refractivity contribution in [2.45, 2.75) is 13.0 Å². The summed E-state index contributed by atoms with van der Waals surface area (Å²) in [6.45, 7) is 0.114. The Labute approximate surface area is 148 Å². The fourth-order valence-corrected chi connectivity index (χ4v) is 2.19. The first-order valence-corrected chi connectivity index (χ1v) is 7.80. The second-order valence-electron chi connectivity index (χ2n) is 5.42. The molecule has 0 bridgehead atoms. The summed E-state index contributed by atoms with van der Waals surface area (Å²) in [6.07, 6.45) is -0.129. The van der Waals surface area contributed by atoms with Gasteiger partial charge in [0.25, 0.3) is 0 Å². The first-order chi connectivity index (χ1) is 12.6. The fourth-order valence-electron chi connectivity index (χ4n) is 2.19. The summed E-state index contributed by atoms with van der Waals surface area (Å²) in [5, 5.41) is 8.85. The average molecular weight is 354 g/mol. The zero-order valence-electron chi connectivity index (χ0n) is 13.6. The zero-order valence-corrected chi connectivity index (χ0v) is 13.6. The molecule has 132 valence electrons. The van der Waals surface area contributed by atoms with Crippen LogP contribution in [0.15, 0.2) is 59.1 Å². The number of nitrogens with zero attached hydrogens (tertiary/aromatic N) is 2. The molecular weight excluding hydrogens is 339 g/mol. The molecule has 0 saturated heterocycles. The van der Waals surface area contributed by atoms with Crippen LogP contribution in [0.2, 0.25) is 0 Å². The van der Waals surface area contributed by atoms with Gasteiger partial charge in [0.2, 0.25) is 5.91 Å². The zero-order chi connectivity index (χ0) is 18.4. The van der Waals surface area contributed by atoms with E-state index < -0.39 is 5.91 Å². The maximum Gasteiger partial charge on any atom is 0.315 e. The molecule has 8 heteroatoms. The van der Waals surface area contributed by atoms with Crippen LogP contribution in [0.25, 0.3) is 0 Å². The third-order valence-electron chi connectivity index (χ3n) is 3.38. The van der Waals surface area contributed by atoms with Crippen molar-refractivity contribution in [3.8, 4) is 0 Å². The standard InChI is InChI=1S/C18H15FN4O3/c19-13-6-4-5-12(9-13)11-20-17(25)18-22-15(23-26-18)10-16(24)21-14-7-2-1-3-8-14/h1-9H,10-11H2,(H,20,25)(H,21,24). The minimum atomic E-state index is -0.600. The van der Waals surface area contributed by atoms with Gasteiger partial charge in [-0.3, -0.25) is 9.59 Å². The number of para-hydroxylation sites is 1. The molecule has 0 aliphatic carbocycles. The van der Waals surface area contributed by atoms with Gasteiger partial charge in [-0.2, -0.15) is 4.98 Å². The summed E-state index contributed by atoms with van der Waals surface area (Å²) in [6, 6.07) is 14.8. The Balaban J connectivity index is 1.53. The summed E-state index contributed by atoms with van der Waals surface area (Å²) in [5.74, 6) is -1.49. The molecule has 0 aliphatic heterocycles. The molecule has 7 nitrogen and oxygen atoms in total. The van der Waals surface area contributed by atoms with Crippen LogP contribution in [0.5, 0.6) is 0 Å². The van der Waals surface area contributed by atoms with Gasteiger partial charge in [0.15, 0.2) is 5.82 Å². The molecule has 3 rings (SSSR count). The number of carbonyl (C=O) groups excluding carboxylic acids is 2. The quantitative estimate of drug-likeness (QED) is 0.708. The van der Waals surface area contributed by atoms with Crippen molar-refractivity contribution in [3.05, 3.63) is 77.7 Å². The van der Waals surface area contributed by atoms with Crippen molar-refractivity contribution in [2.75, 3.05) is 5.32 Å². The van der Waals surface area contributed by atoms with Crippen LogP contribution in [0.4, 0.5) is 10.1 Å². The molecule has 0 fully saturated rings. The average Bonchev–Trinajstić information content (AvgIpc) is 3.09. The number of rotatable bonds is 6. The molecule has 2 N–H and O–H groups in total. The highest BCUT2D eigenvalue weighted by atomic mass is 19.1. The molecule has 26 heavy (non-hydrogen) atoms. The van der Waals surface area contributed by atoms with Crippen LogP contribution in [0, 0.1) is 5.82 Å². The van der Waals surface area contributed by atoms with Crippen LogP contribution < -0.4 is 10.6 Å². The molecule has 0 aliphatic rings. The number of nitrogens with one attached hydrogen (secondary N) is 2. The van der Waals surface area contributed by atoms with Gasteiger partial charge in [-0.15, -0.1) is 0 Å². The Morgan fingerprint density at radius 1 is 1.08 bits per heavy atom. The summed E-state index contributed by atoms with van der Waals surface area (Å²) in [5.41, 5.74) is 1.24. The van der Waals surface area contributed by atoms with E-state index in [1.54, 1.807) is 36.4 Å². The normalized spacial score (nSPS) is 10.3. The summed E-state index contributed by atoms with van der Waals surface area (Å²) in [4.78, 5) is 27.8. The third-order valence-corrected chi connectivity index (χ3v) is 3.38. The lowest BCUT2D eigenvalue weighted by Crippen LogP contribution is -2.23. The Morgan fingerprint density at radius 2 is 1.88 bits per heavy atom. The maximum atomic E-state index is 13.1. The van der Waals surface area contributed by atoms with Gasteiger partial charge in [-0.1, -0.05) is 35.5 Å². The molecule has 0 atom stereocenters. The topological polar surface area (TPSA) is 97.1 Å². The van der Waals surface area contributed by atoms with E-state index in [1.165, 1.54) is 12.1 Å². The molecule has 0 radical (unpaired) electrons. The van der Waals surface area contributed by atoms with Gasteiger partial charge < -0.3 is 15.2 Å². The number of amides is 2. The molecule has 2 amide bonds. The smallest absolute Gasteiger partial charge is 0.315 e. The number of hydrogen-bond donors (Lipinski definition) is 2. The Bertz CT molecular complexity index is 912. The first-order valence-electron chi connectivity index (χ1n) is 7.80. The summed E-state index contributed by atoms with van der Waals surface area (Å²) >= 11 is 0. The first kappa shape index (κ1) is 17.3. The van der Waals surface area contributed by atoms with Crippen LogP contribution in [0.1, 0.15) is 22.1 Å². The highest BCUT2D eigenvalue weighted by Crippen LogP contribution is 2.07. The summed E-state index contributed by atoms with van der Waals surface area (Å²) < 4.78 is 18.0. The minimum absolute atomic E-state index is 0.0920. The molecule has 2 aromatic carbocycles. The van der Waals surface area contributed by atoms with Crippen molar-refractivity contribution in [2.24, 2.45) is 0 Å². The monoisotopic (exact) mass is 354 g/mol. The Hall–Kier alpha value is -3.55. The van der Waals surface area contributed by atoms with Crippen LogP contribution in [0.3, 0.4) is 0 Å². The number of aromatic nitrogens is 2. The fraction of sp³-hybridized carbons (Fsp3) is 0.111. The predicted octanol–water partition coefficient (Wildman–Crippen LogP) is 2.32. The number of halogens is 1. The van der Waals surface area contributed by atoms with Crippen molar-refractivity contribution < 1.29 is 18.5 Å². The Kier molecular flexibility index (Phi) is 5.33. The van der Waals surface area contributed by atoms with E-state index in [0.29, 0.717) is 11.3 Å². The van der Waals surface area contributed by atoms with Gasteiger partial charge in [0.05, 0.1) is 6.42 Å². The highest BCUT2D eigenvalue weighted by molar-refractivity contribution is 5.92. The SMILES string of the molecule is O=C(Cc1noc(C(=O)NCc2cccc(F)c2)n1)Nc1ccccc1. The molecule has 0 saturated carbocycles. The van der Waals surface area contributed by atoms with E-state index in [1.807, 2.05) is 6.07 Å². The Morgan fingerprint density at radius 3 is 2.65 bits per heavy atom. The van der Waals surface area contributed by atoms with Gasteiger partial charge >= 0.3 is 11.8 Å². The largest absolute Gasteiger partial charge is 0.344 e. The van der Waals surface area contributed by atoms with Gasteiger partial charge in [0, 0.05) is 12.2 Å². The van der Waals surface area contributed by atoms with E-state index in [2.05, 4.69) is 20.8 Å². The van der Waals surface area contributed by atoms with Crippen molar-refractivity contribution in [1.82, 2.24) is 15.5 Å². The second-order valence-corrected chi connectivity index (χ2v) is 5.42. The van der Waals surface area contributed by atoms with Crippen LogP contribution in [-0.4, -0.2) is 22.0 Å². The molecule has 0 unspecified atom stereocenters. The molecule has 3 aromatic rings. The van der Waals surface area contributed by atoms with Crippen molar-refractivity contribution >= 4 is 17.5 Å². The lowest BCUT2D eigenvalue weighted by atomic mass is 10.2. The third kappa shape index (κ3) is 4.73. The highest BCUT2D eigenvalue weighted by Gasteiger charge is 2.17. The van der Waals surface area contributed by atoms with E-state index in [0.717, 1.165) is 0 Å². The number of anilines is 1. The number of benzene rings is 2. The molecular formula is C18H15FN4O3. The van der Waals surface area contributed by atoms with Crippen molar-refractivity contribution in [1.29, 1.82) is 0 Å². The molecule has 0 spiro atoms. The lowest BCUT2D eigenvalue weighted by molar-refractivity contribution is -0.115. The van der Waals surface area contributed by atoms with Crippen molar-refractivity contribution in [3.63, 3.8) is 0 Å². The molecule has 1 heterocycles. The van der Waals surface area contributed by atoms with E-state index in [-0.39, 0.29) is 36.4 Å². The lowest BCUT2D eigenvalue weighted by Gasteiger charge is -2.02. The number of hydrogen-bond acceptors (Lipinski definition) is 5. The van der Waals surface area contributed by atoms with E-state index in [4.69, 9.17) is 4.52 Å². The van der Waals surface area contributed by atoms with Crippen LogP contribution in [-0.2, 0) is 17.8 Å². The van der Waals surface area contributed by atoms with Gasteiger partial charge in [-0.25, -0.2) is 4.39 Å². The van der Waals surface area contributed by atoms with Gasteiger partial charge in [-0.05, 0) is 29.8 Å². The van der Waals surface area contributed by atoms with Gasteiger partial charge in [0.1, 0.15) is 5.82 Å². The summed E-state index contributed by atoms with van der Waals surface area (Å²) in [7, 11) is 0. The van der Waals surface area contributed by atoms with E-state index >= 15 is 0 Å². The van der Waals surface area contributed by atoms with Crippen LogP contribution >= 0.6 is 0 Å².